The van der Waals surface area contributed by atoms with E-state index in [2.05, 4.69) is 5.32 Å². The Balaban J connectivity index is 1.44. The molecule has 1 N–H and O–H groups in total. The summed E-state index contributed by atoms with van der Waals surface area (Å²) in [4.78, 5) is 40.7. The van der Waals surface area contributed by atoms with Crippen molar-refractivity contribution in [3.05, 3.63) is 87.7 Å². The van der Waals surface area contributed by atoms with E-state index in [9.17, 15) is 14.4 Å². The van der Waals surface area contributed by atoms with Crippen LogP contribution >= 0.6 is 11.6 Å². The van der Waals surface area contributed by atoms with Crippen molar-refractivity contribution in [3.8, 4) is 5.69 Å². The smallest absolute Gasteiger partial charge is 0.319 e. The fourth-order valence-corrected chi connectivity index (χ4v) is 5.34. The van der Waals surface area contributed by atoms with Crippen molar-refractivity contribution in [3.63, 3.8) is 0 Å². The van der Waals surface area contributed by atoms with Gasteiger partial charge in [0, 0.05) is 27.7 Å². The van der Waals surface area contributed by atoms with E-state index in [1.807, 2.05) is 54.8 Å². The molecule has 2 aliphatic rings. The summed E-state index contributed by atoms with van der Waals surface area (Å²) in [7, 11) is 0. The summed E-state index contributed by atoms with van der Waals surface area (Å²) in [5.74, 6) is -0.618. The molecule has 1 atom stereocenters. The molecule has 5 rings (SSSR count). The number of carbonyl (C=O) groups is 3. The van der Waals surface area contributed by atoms with Crippen LogP contribution in [0.15, 0.2) is 54.6 Å². The highest BCUT2D eigenvalue weighted by atomic mass is 35.5. The maximum atomic E-state index is 13.5. The van der Waals surface area contributed by atoms with Crippen molar-refractivity contribution in [2.24, 2.45) is 0 Å². The van der Waals surface area contributed by atoms with E-state index in [1.54, 1.807) is 18.2 Å². The predicted octanol–water partition coefficient (Wildman–Crippen LogP) is 4.71. The molecular weight excluding hydrogens is 438 g/mol. The van der Waals surface area contributed by atoms with Gasteiger partial charge in [-0.25, -0.2) is 4.79 Å². The van der Waals surface area contributed by atoms with Crippen LogP contribution in [0.2, 0.25) is 5.02 Å². The molecule has 168 valence electrons. The lowest BCUT2D eigenvalue weighted by atomic mass is 9.76. The Morgan fingerprint density at radius 1 is 1.09 bits per heavy atom. The first-order valence-corrected chi connectivity index (χ1v) is 11.4. The number of Topliss-reactive ketones (excluding diaryl/α,β-unsaturated/α-hetero) is 1. The van der Waals surface area contributed by atoms with Crippen LogP contribution in [0.3, 0.4) is 0 Å². The SMILES string of the molecule is Cc1cc(C(=O)CN2C(=O)N[C@@]3(CCCc4ccccc43)C2=O)c(C)n1-c1ccc(Cl)cc1. The van der Waals surface area contributed by atoms with Gasteiger partial charge in [0.05, 0.1) is 6.54 Å². The topological polar surface area (TPSA) is 71.4 Å². The van der Waals surface area contributed by atoms with E-state index < -0.39 is 11.6 Å². The third-order valence-corrected chi connectivity index (χ3v) is 7.02. The fourth-order valence-electron chi connectivity index (χ4n) is 5.22. The molecule has 1 fully saturated rings. The molecule has 1 aromatic heterocycles. The summed E-state index contributed by atoms with van der Waals surface area (Å²) in [5, 5.41) is 3.55. The Kier molecular flexibility index (Phi) is 5.13. The second kappa shape index (κ2) is 7.89. The maximum absolute atomic E-state index is 13.5. The summed E-state index contributed by atoms with van der Waals surface area (Å²) in [6, 6.07) is 16.4. The number of ketones is 1. The largest absolute Gasteiger partial charge is 0.325 e. The fraction of sp³-hybridized carbons (Fsp3) is 0.269. The number of carbonyl (C=O) groups excluding carboxylic acids is 3. The molecule has 0 bridgehead atoms. The molecule has 0 saturated carbocycles. The first kappa shape index (κ1) is 21.5. The van der Waals surface area contributed by atoms with Crippen LogP contribution < -0.4 is 5.32 Å². The van der Waals surface area contributed by atoms with E-state index >= 15 is 0 Å². The molecule has 0 unspecified atom stereocenters. The molecule has 1 aliphatic carbocycles. The number of nitrogens with one attached hydrogen (secondary N) is 1. The summed E-state index contributed by atoms with van der Waals surface area (Å²) in [6.45, 7) is 3.49. The Morgan fingerprint density at radius 2 is 1.82 bits per heavy atom. The molecule has 7 heteroatoms. The van der Waals surface area contributed by atoms with Crippen LogP contribution in [-0.2, 0) is 16.8 Å². The van der Waals surface area contributed by atoms with Crippen molar-refractivity contribution >= 4 is 29.3 Å². The second-order valence-electron chi connectivity index (χ2n) is 8.76. The highest BCUT2D eigenvalue weighted by Gasteiger charge is 2.54. The number of fused-ring (bicyclic) bond motifs is 2. The second-order valence-corrected chi connectivity index (χ2v) is 9.19. The number of imide groups is 1. The van der Waals surface area contributed by atoms with Gasteiger partial charge in [-0.1, -0.05) is 35.9 Å². The third kappa shape index (κ3) is 3.37. The molecule has 2 heterocycles. The van der Waals surface area contributed by atoms with Crippen LogP contribution in [0.25, 0.3) is 5.69 Å². The molecule has 1 aliphatic heterocycles. The summed E-state index contributed by atoms with van der Waals surface area (Å²) >= 11 is 6.01. The number of amides is 3. The van der Waals surface area contributed by atoms with E-state index in [0.29, 0.717) is 17.0 Å². The van der Waals surface area contributed by atoms with Gasteiger partial charge in [0.1, 0.15) is 5.54 Å². The van der Waals surface area contributed by atoms with Crippen molar-refractivity contribution in [1.82, 2.24) is 14.8 Å². The van der Waals surface area contributed by atoms with Crippen LogP contribution in [0, 0.1) is 13.8 Å². The number of urea groups is 1. The Bertz CT molecular complexity index is 1290. The molecule has 6 nitrogen and oxygen atoms in total. The standard InChI is InChI=1S/C26H24ClN3O3/c1-16-14-21(17(2)30(16)20-11-9-19(27)10-12-20)23(31)15-29-24(32)26(28-25(29)33)13-5-7-18-6-3-4-8-22(18)26/h3-4,6,8-12,14H,5,7,13,15H2,1-2H3,(H,28,33)/t26-/m1/s1. The Labute approximate surface area is 197 Å². The van der Waals surface area contributed by atoms with Gasteiger partial charge in [0.2, 0.25) is 0 Å². The molecule has 3 amide bonds. The van der Waals surface area contributed by atoms with Crippen molar-refractivity contribution in [1.29, 1.82) is 0 Å². The van der Waals surface area contributed by atoms with Gasteiger partial charge in [-0.05, 0) is 74.6 Å². The van der Waals surface area contributed by atoms with Crippen molar-refractivity contribution < 1.29 is 14.4 Å². The minimum Gasteiger partial charge on any atom is -0.319 e. The van der Waals surface area contributed by atoms with E-state index in [4.69, 9.17) is 11.6 Å². The van der Waals surface area contributed by atoms with Gasteiger partial charge < -0.3 is 9.88 Å². The Hall–Kier alpha value is -3.38. The highest BCUT2D eigenvalue weighted by Crippen LogP contribution is 2.40. The first-order chi connectivity index (χ1) is 15.8. The molecule has 1 spiro atoms. The number of hydrogen-bond donors (Lipinski definition) is 1. The number of rotatable bonds is 4. The molecule has 1 saturated heterocycles. The minimum absolute atomic E-state index is 0.270. The summed E-state index contributed by atoms with van der Waals surface area (Å²) in [5.41, 5.74) is 3.85. The molecular formula is C26H24ClN3O3. The quantitative estimate of drug-likeness (QED) is 0.451. The van der Waals surface area contributed by atoms with Crippen molar-refractivity contribution in [2.45, 2.75) is 38.6 Å². The van der Waals surface area contributed by atoms with Gasteiger partial charge in [-0.15, -0.1) is 0 Å². The normalized spacial score (nSPS) is 19.7. The molecule has 0 radical (unpaired) electrons. The van der Waals surface area contributed by atoms with E-state index in [0.717, 1.165) is 45.9 Å². The van der Waals surface area contributed by atoms with Crippen molar-refractivity contribution in [2.75, 3.05) is 6.54 Å². The molecule has 3 aromatic rings. The van der Waals surface area contributed by atoms with Gasteiger partial charge in [-0.2, -0.15) is 0 Å². The number of benzene rings is 2. The minimum atomic E-state index is -1.08. The number of aryl methyl sites for hydroxylation is 2. The summed E-state index contributed by atoms with van der Waals surface area (Å²) in [6.07, 6.45) is 2.20. The van der Waals surface area contributed by atoms with E-state index in [-0.39, 0.29) is 18.2 Å². The molecule has 2 aromatic carbocycles. The average Bonchev–Trinajstić information content (AvgIpc) is 3.23. The maximum Gasteiger partial charge on any atom is 0.325 e. The first-order valence-electron chi connectivity index (χ1n) is 11.0. The number of nitrogens with zero attached hydrogens (tertiary/aromatic N) is 2. The van der Waals surface area contributed by atoms with Crippen LogP contribution in [0.1, 0.15) is 45.7 Å². The third-order valence-electron chi connectivity index (χ3n) is 6.77. The lowest BCUT2D eigenvalue weighted by molar-refractivity contribution is -0.131. The zero-order valence-electron chi connectivity index (χ0n) is 18.5. The van der Waals surface area contributed by atoms with Crippen LogP contribution in [0.5, 0.6) is 0 Å². The highest BCUT2D eigenvalue weighted by molar-refractivity contribution is 6.30. The van der Waals surface area contributed by atoms with Gasteiger partial charge in [0.15, 0.2) is 5.78 Å². The monoisotopic (exact) mass is 461 g/mol. The van der Waals surface area contributed by atoms with Crippen LogP contribution in [-0.4, -0.2) is 33.7 Å². The van der Waals surface area contributed by atoms with Gasteiger partial charge in [-0.3, -0.25) is 14.5 Å². The number of halogens is 1. The lowest BCUT2D eigenvalue weighted by Crippen LogP contribution is -2.46. The zero-order valence-corrected chi connectivity index (χ0v) is 19.3. The van der Waals surface area contributed by atoms with Gasteiger partial charge in [0.25, 0.3) is 5.91 Å². The number of hydrogen-bond acceptors (Lipinski definition) is 3. The summed E-state index contributed by atoms with van der Waals surface area (Å²) < 4.78 is 1.97. The van der Waals surface area contributed by atoms with Gasteiger partial charge >= 0.3 is 6.03 Å². The predicted molar refractivity (Wildman–Crippen MR) is 126 cm³/mol. The number of aromatic nitrogens is 1. The zero-order chi connectivity index (χ0) is 23.3. The average molecular weight is 462 g/mol. The molecule has 33 heavy (non-hydrogen) atoms. The lowest BCUT2D eigenvalue weighted by Gasteiger charge is -2.33. The Morgan fingerprint density at radius 3 is 2.58 bits per heavy atom. The van der Waals surface area contributed by atoms with E-state index in [1.165, 1.54) is 0 Å². The van der Waals surface area contributed by atoms with Crippen LogP contribution in [0.4, 0.5) is 4.79 Å².